The highest BCUT2D eigenvalue weighted by Crippen LogP contribution is 2.29. The molecule has 0 bridgehead atoms. The number of carbonyl (C=O) groups excluding carboxylic acids is 2. The first-order valence-electron chi connectivity index (χ1n) is 9.72. The Morgan fingerprint density at radius 1 is 1.23 bits per heavy atom. The Morgan fingerprint density at radius 3 is 2.46 bits per heavy atom. The average Bonchev–Trinajstić information content (AvgIpc) is 2.66. The summed E-state index contributed by atoms with van der Waals surface area (Å²) in [5, 5.41) is 3.21. The van der Waals surface area contributed by atoms with Gasteiger partial charge in [-0.3, -0.25) is 9.59 Å². The van der Waals surface area contributed by atoms with Crippen LogP contribution in [0.15, 0.2) is 24.3 Å². The van der Waals surface area contributed by atoms with Crippen LogP contribution in [0, 0.1) is 6.92 Å². The second-order valence-electron chi connectivity index (χ2n) is 7.29. The van der Waals surface area contributed by atoms with E-state index >= 15 is 0 Å². The van der Waals surface area contributed by atoms with E-state index in [4.69, 9.17) is 11.6 Å². The van der Waals surface area contributed by atoms with Crippen molar-refractivity contribution >= 4 is 23.4 Å². The summed E-state index contributed by atoms with van der Waals surface area (Å²) in [6, 6.07) is 7.29. The molecule has 1 fully saturated rings. The Labute approximate surface area is 162 Å². The predicted octanol–water partition coefficient (Wildman–Crippen LogP) is 4.35. The van der Waals surface area contributed by atoms with Gasteiger partial charge in [0.05, 0.1) is 0 Å². The molecule has 1 aliphatic rings. The summed E-state index contributed by atoms with van der Waals surface area (Å²) in [5.74, 6) is -0.415. The molecule has 1 aliphatic carbocycles. The minimum atomic E-state index is -0.640. The molecule has 4 nitrogen and oxygen atoms in total. The number of nitrogens with zero attached hydrogens (tertiary/aromatic N) is 1. The number of benzene rings is 1. The van der Waals surface area contributed by atoms with E-state index in [1.807, 2.05) is 45.0 Å². The van der Waals surface area contributed by atoms with Gasteiger partial charge in [0.2, 0.25) is 11.8 Å². The Hall–Kier alpha value is -1.55. The predicted molar refractivity (Wildman–Crippen MR) is 106 cm³/mol. The fourth-order valence-corrected chi connectivity index (χ4v) is 3.89. The van der Waals surface area contributed by atoms with E-state index in [9.17, 15) is 9.59 Å². The summed E-state index contributed by atoms with van der Waals surface area (Å²) in [6.07, 6.45) is 6.32. The Morgan fingerprint density at radius 2 is 1.88 bits per heavy atom. The lowest BCUT2D eigenvalue weighted by Crippen LogP contribution is -2.50. The van der Waals surface area contributed by atoms with Gasteiger partial charge in [0.1, 0.15) is 11.9 Å². The number of aryl methyl sites for hydroxylation is 1. The van der Waals surface area contributed by atoms with Gasteiger partial charge in [0.25, 0.3) is 0 Å². The van der Waals surface area contributed by atoms with Crippen LogP contribution in [-0.2, 0) is 9.59 Å². The first-order chi connectivity index (χ1) is 12.5. The van der Waals surface area contributed by atoms with Crippen LogP contribution in [0.1, 0.15) is 69.5 Å². The van der Waals surface area contributed by atoms with E-state index in [0.29, 0.717) is 0 Å². The lowest BCUT2D eigenvalue weighted by Gasteiger charge is -2.37. The minimum Gasteiger partial charge on any atom is -0.351 e. The molecule has 0 unspecified atom stereocenters. The maximum atomic E-state index is 13.3. The number of nitrogens with one attached hydrogen (secondary N) is 1. The monoisotopic (exact) mass is 378 g/mol. The van der Waals surface area contributed by atoms with Crippen molar-refractivity contribution in [3.63, 3.8) is 0 Å². The Balaban J connectivity index is 2.38. The third kappa shape index (κ3) is 5.00. The quantitative estimate of drug-likeness (QED) is 0.717. The van der Waals surface area contributed by atoms with Gasteiger partial charge in [0.15, 0.2) is 0 Å². The second kappa shape index (κ2) is 9.96. The van der Waals surface area contributed by atoms with E-state index < -0.39 is 6.04 Å². The zero-order valence-corrected chi connectivity index (χ0v) is 16.9. The Bertz CT molecular complexity index is 614. The van der Waals surface area contributed by atoms with Crippen molar-refractivity contribution in [2.45, 2.75) is 77.4 Å². The molecule has 0 aliphatic heterocycles. The third-order valence-electron chi connectivity index (χ3n) is 5.43. The van der Waals surface area contributed by atoms with Gasteiger partial charge in [0, 0.05) is 12.1 Å². The maximum absolute atomic E-state index is 13.3. The number of hydrogen-bond donors (Lipinski definition) is 1. The van der Waals surface area contributed by atoms with Crippen molar-refractivity contribution in [1.82, 2.24) is 10.2 Å². The maximum Gasteiger partial charge on any atom is 0.247 e. The summed E-state index contributed by atoms with van der Waals surface area (Å²) in [7, 11) is 0. The highest BCUT2D eigenvalue weighted by atomic mass is 35.5. The Kier molecular flexibility index (Phi) is 7.95. The SMILES string of the molecule is CC[C@H](C)N(C(=O)CCl)[C@@H](C(=O)NC1CCCCC1)c1ccccc1C. The van der Waals surface area contributed by atoms with Crippen LogP contribution in [0.5, 0.6) is 0 Å². The van der Waals surface area contributed by atoms with Gasteiger partial charge in [-0.1, -0.05) is 50.5 Å². The molecule has 0 radical (unpaired) electrons. The van der Waals surface area contributed by atoms with E-state index in [1.54, 1.807) is 4.90 Å². The molecule has 0 spiro atoms. The smallest absolute Gasteiger partial charge is 0.247 e. The number of alkyl halides is 1. The number of halogens is 1. The average molecular weight is 379 g/mol. The van der Waals surface area contributed by atoms with Gasteiger partial charge in [-0.15, -0.1) is 11.6 Å². The largest absolute Gasteiger partial charge is 0.351 e. The first-order valence-corrected chi connectivity index (χ1v) is 10.3. The van der Waals surface area contributed by atoms with Crippen molar-refractivity contribution < 1.29 is 9.59 Å². The summed E-state index contributed by atoms with van der Waals surface area (Å²) in [4.78, 5) is 27.6. The molecule has 0 heterocycles. The normalized spacial score (nSPS) is 17.4. The van der Waals surface area contributed by atoms with E-state index in [1.165, 1.54) is 6.42 Å². The van der Waals surface area contributed by atoms with Gasteiger partial charge in [-0.25, -0.2) is 0 Å². The molecule has 2 amide bonds. The molecule has 0 saturated heterocycles. The molecular formula is C21H31ClN2O2. The molecule has 2 rings (SSSR count). The lowest BCUT2D eigenvalue weighted by atomic mass is 9.93. The molecule has 2 atom stereocenters. The molecule has 144 valence electrons. The first kappa shape index (κ1) is 20.8. The highest BCUT2D eigenvalue weighted by Gasteiger charge is 2.35. The summed E-state index contributed by atoms with van der Waals surface area (Å²) in [5.41, 5.74) is 1.88. The molecule has 1 saturated carbocycles. The van der Waals surface area contributed by atoms with E-state index in [0.717, 1.165) is 43.2 Å². The van der Waals surface area contributed by atoms with Gasteiger partial charge >= 0.3 is 0 Å². The summed E-state index contributed by atoms with van der Waals surface area (Å²) >= 11 is 5.89. The van der Waals surface area contributed by atoms with Crippen LogP contribution < -0.4 is 5.32 Å². The standard InChI is InChI=1S/C21H31ClN2O2/c1-4-16(3)24(19(25)14-22)20(18-13-9-8-10-15(18)2)21(26)23-17-11-6-5-7-12-17/h8-10,13,16-17,20H,4-7,11-12,14H2,1-3H3,(H,23,26)/t16-,20+/m0/s1. The number of hydrogen-bond acceptors (Lipinski definition) is 2. The van der Waals surface area contributed by atoms with Crippen molar-refractivity contribution in [3.8, 4) is 0 Å². The van der Waals surface area contributed by atoms with Crippen LogP contribution in [0.2, 0.25) is 0 Å². The van der Waals surface area contributed by atoms with Crippen molar-refractivity contribution in [3.05, 3.63) is 35.4 Å². The van der Waals surface area contributed by atoms with Crippen molar-refractivity contribution in [2.75, 3.05) is 5.88 Å². The van der Waals surface area contributed by atoms with Crippen LogP contribution in [0.4, 0.5) is 0 Å². The summed E-state index contributed by atoms with van der Waals surface area (Å²) in [6.45, 7) is 5.98. The molecule has 1 N–H and O–H groups in total. The molecule has 1 aromatic carbocycles. The zero-order chi connectivity index (χ0) is 19.1. The topological polar surface area (TPSA) is 49.4 Å². The van der Waals surface area contributed by atoms with Crippen LogP contribution in [0.3, 0.4) is 0 Å². The van der Waals surface area contributed by atoms with Gasteiger partial charge in [-0.2, -0.15) is 0 Å². The van der Waals surface area contributed by atoms with Crippen LogP contribution in [0.25, 0.3) is 0 Å². The second-order valence-corrected chi connectivity index (χ2v) is 7.56. The number of amides is 2. The zero-order valence-electron chi connectivity index (χ0n) is 16.1. The number of carbonyl (C=O) groups is 2. The molecule has 1 aromatic rings. The molecular weight excluding hydrogens is 348 g/mol. The fourth-order valence-electron chi connectivity index (χ4n) is 3.75. The summed E-state index contributed by atoms with van der Waals surface area (Å²) < 4.78 is 0. The highest BCUT2D eigenvalue weighted by molar-refractivity contribution is 6.27. The molecule has 0 aromatic heterocycles. The van der Waals surface area contributed by atoms with Gasteiger partial charge < -0.3 is 10.2 Å². The van der Waals surface area contributed by atoms with Gasteiger partial charge in [-0.05, 0) is 44.2 Å². The van der Waals surface area contributed by atoms with Crippen molar-refractivity contribution in [2.24, 2.45) is 0 Å². The number of rotatable bonds is 7. The van der Waals surface area contributed by atoms with E-state index in [2.05, 4.69) is 5.32 Å². The van der Waals surface area contributed by atoms with E-state index in [-0.39, 0.29) is 29.8 Å². The van der Waals surface area contributed by atoms with Crippen LogP contribution >= 0.6 is 11.6 Å². The minimum absolute atomic E-state index is 0.0667. The molecule has 5 heteroatoms. The lowest BCUT2D eigenvalue weighted by molar-refractivity contribution is -0.142. The van der Waals surface area contributed by atoms with Crippen LogP contribution in [-0.4, -0.2) is 34.7 Å². The van der Waals surface area contributed by atoms with Crippen molar-refractivity contribution in [1.29, 1.82) is 0 Å². The molecule has 26 heavy (non-hydrogen) atoms. The fraction of sp³-hybridized carbons (Fsp3) is 0.619. The third-order valence-corrected chi connectivity index (χ3v) is 5.66.